The lowest BCUT2D eigenvalue weighted by molar-refractivity contribution is 0.146. The Hall–Kier alpha value is -1.06. The molecule has 0 radical (unpaired) electrons. The quantitative estimate of drug-likeness (QED) is 0.567. The molecular weight excluding hydrogens is 178 g/mol. The largest absolute Gasteiger partial charge is 0.491 e. The second-order valence-electron chi connectivity index (χ2n) is 3.37. The summed E-state index contributed by atoms with van der Waals surface area (Å²) in [6, 6.07) is 8.79. The fourth-order valence-electron chi connectivity index (χ4n) is 1.33. The predicted molar refractivity (Wildman–Crippen MR) is 54.6 cm³/mol. The van der Waals surface area contributed by atoms with Gasteiger partial charge in [-0.2, -0.15) is 0 Å². The van der Waals surface area contributed by atoms with Gasteiger partial charge in [0.15, 0.2) is 0 Å². The highest BCUT2D eigenvalue weighted by molar-refractivity contribution is 5.31. The van der Waals surface area contributed by atoms with E-state index in [1.807, 2.05) is 12.1 Å². The van der Waals surface area contributed by atoms with E-state index in [-0.39, 0.29) is 0 Å². The molecule has 1 aliphatic rings. The van der Waals surface area contributed by atoms with E-state index in [1.165, 1.54) is 5.56 Å². The maximum Gasteiger partial charge on any atom is 0.119 e. The van der Waals surface area contributed by atoms with Gasteiger partial charge in [-0.05, 0) is 17.7 Å². The number of hydrogen-bond donors (Lipinski definition) is 1. The van der Waals surface area contributed by atoms with Gasteiger partial charge < -0.3 is 14.8 Å². The Morgan fingerprint density at radius 2 is 2.00 bits per heavy atom. The standard InChI is InChI=1S/C11H15NO2/c1-13-6-7-14-10-4-2-9(3-5-10)11-8-12-11/h2-5,11-12H,6-8H2,1H3/t11-/m1/s1. The highest BCUT2D eigenvalue weighted by Gasteiger charge is 2.21. The molecule has 1 saturated heterocycles. The highest BCUT2D eigenvalue weighted by atomic mass is 16.5. The van der Waals surface area contributed by atoms with E-state index in [0.717, 1.165) is 12.3 Å². The van der Waals surface area contributed by atoms with E-state index in [1.54, 1.807) is 7.11 Å². The van der Waals surface area contributed by atoms with Crippen LogP contribution < -0.4 is 10.1 Å². The fraction of sp³-hybridized carbons (Fsp3) is 0.455. The zero-order valence-corrected chi connectivity index (χ0v) is 8.32. The fourth-order valence-corrected chi connectivity index (χ4v) is 1.33. The first-order valence-electron chi connectivity index (χ1n) is 4.85. The van der Waals surface area contributed by atoms with E-state index in [2.05, 4.69) is 17.4 Å². The maximum absolute atomic E-state index is 5.46. The van der Waals surface area contributed by atoms with Crippen LogP contribution in [-0.4, -0.2) is 26.9 Å². The van der Waals surface area contributed by atoms with Crippen LogP contribution in [0.5, 0.6) is 5.75 Å². The minimum Gasteiger partial charge on any atom is -0.491 e. The van der Waals surface area contributed by atoms with Gasteiger partial charge in [0, 0.05) is 19.7 Å². The maximum atomic E-state index is 5.46. The van der Waals surface area contributed by atoms with Crippen molar-refractivity contribution in [1.82, 2.24) is 5.32 Å². The molecule has 1 N–H and O–H groups in total. The van der Waals surface area contributed by atoms with Gasteiger partial charge in [-0.1, -0.05) is 12.1 Å². The molecule has 0 bridgehead atoms. The van der Waals surface area contributed by atoms with Gasteiger partial charge >= 0.3 is 0 Å². The monoisotopic (exact) mass is 193 g/mol. The van der Waals surface area contributed by atoms with Gasteiger partial charge in [-0.15, -0.1) is 0 Å². The van der Waals surface area contributed by atoms with Gasteiger partial charge in [-0.3, -0.25) is 0 Å². The van der Waals surface area contributed by atoms with Crippen LogP contribution in [-0.2, 0) is 4.74 Å². The van der Waals surface area contributed by atoms with Gasteiger partial charge in [0.1, 0.15) is 12.4 Å². The molecule has 1 aliphatic heterocycles. The number of nitrogens with one attached hydrogen (secondary N) is 1. The van der Waals surface area contributed by atoms with Crippen molar-refractivity contribution >= 4 is 0 Å². The molecule has 3 nitrogen and oxygen atoms in total. The number of benzene rings is 1. The zero-order chi connectivity index (χ0) is 9.80. The summed E-state index contributed by atoms with van der Waals surface area (Å²) in [6.45, 7) is 2.34. The summed E-state index contributed by atoms with van der Waals surface area (Å²) >= 11 is 0. The van der Waals surface area contributed by atoms with Crippen LogP contribution in [0.1, 0.15) is 11.6 Å². The van der Waals surface area contributed by atoms with E-state index >= 15 is 0 Å². The smallest absolute Gasteiger partial charge is 0.119 e. The van der Waals surface area contributed by atoms with Crippen molar-refractivity contribution in [2.75, 3.05) is 26.9 Å². The van der Waals surface area contributed by atoms with E-state index < -0.39 is 0 Å². The first-order valence-corrected chi connectivity index (χ1v) is 4.85. The van der Waals surface area contributed by atoms with Crippen molar-refractivity contribution in [2.24, 2.45) is 0 Å². The molecule has 0 aromatic heterocycles. The topological polar surface area (TPSA) is 40.4 Å². The predicted octanol–water partition coefficient (Wildman–Crippen LogP) is 1.36. The molecule has 14 heavy (non-hydrogen) atoms. The summed E-state index contributed by atoms with van der Waals surface area (Å²) in [6.07, 6.45) is 0. The second-order valence-corrected chi connectivity index (χ2v) is 3.37. The molecule has 1 heterocycles. The Labute approximate surface area is 84.0 Å². The Kier molecular flexibility index (Phi) is 3.01. The summed E-state index contributed by atoms with van der Waals surface area (Å²) in [5, 5.41) is 3.26. The van der Waals surface area contributed by atoms with Crippen LogP contribution >= 0.6 is 0 Å². The molecule has 0 saturated carbocycles. The molecule has 0 unspecified atom stereocenters. The Balaban J connectivity index is 1.86. The summed E-state index contributed by atoms with van der Waals surface area (Å²) in [4.78, 5) is 0. The molecule has 0 aliphatic carbocycles. The summed E-state index contributed by atoms with van der Waals surface area (Å²) in [5.74, 6) is 0.909. The first kappa shape index (κ1) is 9.49. The van der Waals surface area contributed by atoms with Crippen LogP contribution in [0, 0.1) is 0 Å². The Bertz CT molecular complexity index is 280. The molecule has 0 spiro atoms. The third kappa shape index (κ3) is 2.47. The third-order valence-corrected chi connectivity index (χ3v) is 2.25. The number of hydrogen-bond acceptors (Lipinski definition) is 3. The van der Waals surface area contributed by atoms with E-state index in [0.29, 0.717) is 19.3 Å². The molecule has 3 heteroatoms. The van der Waals surface area contributed by atoms with Crippen molar-refractivity contribution in [3.05, 3.63) is 29.8 Å². The Morgan fingerprint density at radius 3 is 2.57 bits per heavy atom. The lowest BCUT2D eigenvalue weighted by Gasteiger charge is -2.05. The molecule has 2 rings (SSSR count). The minimum absolute atomic E-state index is 0.572. The van der Waals surface area contributed by atoms with Crippen molar-refractivity contribution < 1.29 is 9.47 Å². The molecule has 1 atom stereocenters. The van der Waals surface area contributed by atoms with Gasteiger partial charge in [-0.25, -0.2) is 0 Å². The van der Waals surface area contributed by atoms with Crippen LogP contribution in [0.25, 0.3) is 0 Å². The molecule has 76 valence electrons. The lowest BCUT2D eigenvalue weighted by atomic mass is 10.1. The molecule has 0 amide bonds. The number of ether oxygens (including phenoxy) is 2. The normalized spacial score (nSPS) is 19.4. The van der Waals surface area contributed by atoms with Crippen molar-refractivity contribution in [1.29, 1.82) is 0 Å². The second kappa shape index (κ2) is 4.44. The van der Waals surface area contributed by atoms with Crippen LogP contribution in [0.2, 0.25) is 0 Å². The van der Waals surface area contributed by atoms with Crippen molar-refractivity contribution in [3.8, 4) is 5.75 Å². The van der Waals surface area contributed by atoms with Crippen LogP contribution in [0.15, 0.2) is 24.3 Å². The lowest BCUT2D eigenvalue weighted by Crippen LogP contribution is -2.04. The third-order valence-electron chi connectivity index (χ3n) is 2.25. The molecule has 1 aromatic carbocycles. The van der Waals surface area contributed by atoms with Crippen LogP contribution in [0.3, 0.4) is 0 Å². The average Bonchev–Trinajstić information content (AvgIpc) is 3.03. The van der Waals surface area contributed by atoms with Gasteiger partial charge in [0.2, 0.25) is 0 Å². The van der Waals surface area contributed by atoms with E-state index in [4.69, 9.17) is 9.47 Å². The van der Waals surface area contributed by atoms with Crippen LogP contribution in [0.4, 0.5) is 0 Å². The first-order chi connectivity index (χ1) is 6.90. The van der Waals surface area contributed by atoms with E-state index in [9.17, 15) is 0 Å². The summed E-state index contributed by atoms with van der Waals surface area (Å²) in [5.41, 5.74) is 1.34. The van der Waals surface area contributed by atoms with Crippen molar-refractivity contribution in [3.63, 3.8) is 0 Å². The summed E-state index contributed by atoms with van der Waals surface area (Å²) in [7, 11) is 1.67. The zero-order valence-electron chi connectivity index (χ0n) is 8.32. The SMILES string of the molecule is COCCOc1ccc([C@H]2CN2)cc1. The Morgan fingerprint density at radius 1 is 1.29 bits per heavy atom. The van der Waals surface area contributed by atoms with Gasteiger partial charge in [0.25, 0.3) is 0 Å². The highest BCUT2D eigenvalue weighted by Crippen LogP contribution is 2.23. The van der Waals surface area contributed by atoms with Crippen molar-refractivity contribution in [2.45, 2.75) is 6.04 Å². The molecule has 1 fully saturated rings. The number of methoxy groups -OCH3 is 1. The molecular formula is C11H15NO2. The average molecular weight is 193 g/mol. The summed E-state index contributed by atoms with van der Waals surface area (Å²) < 4.78 is 10.4. The molecule has 1 aromatic rings. The minimum atomic E-state index is 0.572. The number of rotatable bonds is 5. The van der Waals surface area contributed by atoms with Gasteiger partial charge in [0.05, 0.1) is 6.61 Å².